The van der Waals surface area contributed by atoms with E-state index >= 15 is 0 Å². The molecule has 2 aromatic rings. The maximum Gasteiger partial charge on any atom is 0.392 e. The van der Waals surface area contributed by atoms with Crippen LogP contribution >= 0.6 is 11.8 Å². The van der Waals surface area contributed by atoms with Crippen LogP contribution < -0.4 is 15.8 Å². The molecule has 0 bridgehead atoms. The van der Waals surface area contributed by atoms with E-state index in [0.717, 1.165) is 18.5 Å². The molecular formula is C22H22F5N5O3S. The molecule has 1 amide bonds. The van der Waals surface area contributed by atoms with Crippen LogP contribution in [-0.2, 0) is 10.3 Å². The van der Waals surface area contributed by atoms with E-state index in [1.54, 1.807) is 14.0 Å². The first-order chi connectivity index (χ1) is 16.9. The Kier molecular flexibility index (Phi) is 6.86. The van der Waals surface area contributed by atoms with Crippen LogP contribution in [0.2, 0.25) is 0 Å². The number of ether oxygens (including phenoxy) is 2. The van der Waals surface area contributed by atoms with Gasteiger partial charge in [0, 0.05) is 30.3 Å². The molecule has 1 fully saturated rings. The summed E-state index contributed by atoms with van der Waals surface area (Å²) in [6.07, 6.45) is -2.94. The van der Waals surface area contributed by atoms with Crippen LogP contribution in [0.25, 0.3) is 0 Å². The maximum absolute atomic E-state index is 15.0. The number of aliphatic imine (C=N–C) groups is 1. The smallest absolute Gasteiger partial charge is 0.392 e. The number of nitrogens with zero attached hydrogens (tertiary/aromatic N) is 3. The number of methoxy groups -OCH3 is 1. The van der Waals surface area contributed by atoms with Crippen molar-refractivity contribution in [1.82, 2.24) is 9.97 Å². The average molecular weight is 532 g/mol. The fraction of sp³-hybridized carbons (Fsp3) is 0.455. The van der Waals surface area contributed by atoms with E-state index in [2.05, 4.69) is 20.3 Å². The number of alkyl halides is 3. The van der Waals surface area contributed by atoms with E-state index in [9.17, 15) is 26.7 Å². The molecule has 1 aromatic heterocycles. The average Bonchev–Trinajstić information content (AvgIpc) is 3.50. The minimum absolute atomic E-state index is 0.0487. The molecule has 1 aromatic carbocycles. The Bertz CT molecular complexity index is 1200. The van der Waals surface area contributed by atoms with Gasteiger partial charge in [0.25, 0.3) is 5.91 Å². The van der Waals surface area contributed by atoms with Crippen LogP contribution in [0.4, 0.5) is 27.6 Å². The van der Waals surface area contributed by atoms with Gasteiger partial charge in [-0.2, -0.15) is 13.2 Å². The molecule has 14 heteroatoms. The molecule has 0 spiro atoms. The molecule has 36 heavy (non-hydrogen) atoms. The zero-order chi connectivity index (χ0) is 26.3. The number of aromatic nitrogens is 2. The van der Waals surface area contributed by atoms with Crippen molar-refractivity contribution in [2.75, 3.05) is 25.6 Å². The van der Waals surface area contributed by atoms with Gasteiger partial charge in [0.2, 0.25) is 5.88 Å². The number of hydrogen-bond donors (Lipinski definition) is 2. The minimum atomic E-state index is -4.38. The maximum atomic E-state index is 15.0. The standard InChI is InChI=1S/C22H22F5N5O3S/c1-20(15-7-21(15,10-34-2)36-19(28)32-20)12-5-11(6-13(23)17(12)24)31-18(33)14-8-30-16(9-29-14)35-4-3-22(25,26)27/h5-6,8-9,15H,3-4,7,10H2,1-2H3,(H2,28,32)(H,31,33)/t15-,20-,21+/m0/s1. The first-order valence-electron chi connectivity index (χ1n) is 10.7. The van der Waals surface area contributed by atoms with Gasteiger partial charge in [0.15, 0.2) is 16.8 Å². The normalized spacial score (nSPS) is 25.1. The van der Waals surface area contributed by atoms with Crippen molar-refractivity contribution in [2.24, 2.45) is 16.6 Å². The van der Waals surface area contributed by atoms with Crippen molar-refractivity contribution in [1.29, 1.82) is 0 Å². The van der Waals surface area contributed by atoms with Crippen LogP contribution in [0, 0.1) is 17.6 Å². The lowest BCUT2D eigenvalue weighted by atomic mass is 9.85. The van der Waals surface area contributed by atoms with E-state index in [4.69, 9.17) is 15.2 Å². The lowest BCUT2D eigenvalue weighted by molar-refractivity contribution is -0.139. The Morgan fingerprint density at radius 3 is 2.67 bits per heavy atom. The number of hydrogen-bond acceptors (Lipinski definition) is 8. The predicted molar refractivity (Wildman–Crippen MR) is 122 cm³/mol. The first-order valence-corrected chi connectivity index (χ1v) is 11.5. The Labute approximate surface area is 206 Å². The Morgan fingerprint density at radius 2 is 2.03 bits per heavy atom. The Morgan fingerprint density at radius 1 is 1.28 bits per heavy atom. The van der Waals surface area contributed by atoms with Gasteiger partial charge in [-0.3, -0.25) is 9.79 Å². The SMILES string of the molecule is COC[C@]12C[C@H]1[C@](C)(c1cc(NC(=O)c3cnc(OCCC(F)(F)F)cn3)cc(F)c1F)N=C(N)S2. The summed E-state index contributed by atoms with van der Waals surface area (Å²) in [5.41, 5.74) is 4.50. The van der Waals surface area contributed by atoms with E-state index in [1.807, 2.05) is 0 Å². The zero-order valence-electron chi connectivity index (χ0n) is 19.2. The third-order valence-corrected chi connectivity index (χ3v) is 7.35. The van der Waals surface area contributed by atoms with Gasteiger partial charge >= 0.3 is 6.18 Å². The molecule has 0 saturated heterocycles. The number of benzene rings is 1. The lowest BCUT2D eigenvalue weighted by Gasteiger charge is -2.34. The van der Waals surface area contributed by atoms with Crippen LogP contribution in [0.15, 0.2) is 29.5 Å². The highest BCUT2D eigenvalue weighted by atomic mass is 32.2. The highest BCUT2D eigenvalue weighted by Crippen LogP contribution is 2.66. The number of anilines is 1. The highest BCUT2D eigenvalue weighted by molar-refractivity contribution is 8.15. The van der Waals surface area contributed by atoms with Crippen molar-refractivity contribution in [3.05, 3.63) is 47.4 Å². The second kappa shape index (κ2) is 9.47. The summed E-state index contributed by atoms with van der Waals surface area (Å²) in [4.78, 5) is 24.6. The summed E-state index contributed by atoms with van der Waals surface area (Å²) in [6, 6.07) is 2.11. The molecule has 3 atom stereocenters. The summed E-state index contributed by atoms with van der Waals surface area (Å²) < 4.78 is 76.0. The van der Waals surface area contributed by atoms with E-state index in [1.165, 1.54) is 17.8 Å². The van der Waals surface area contributed by atoms with Gasteiger partial charge < -0.3 is 20.5 Å². The van der Waals surface area contributed by atoms with Crippen molar-refractivity contribution in [3.8, 4) is 5.88 Å². The highest BCUT2D eigenvalue weighted by Gasteiger charge is 2.66. The van der Waals surface area contributed by atoms with Crippen LogP contribution in [0.3, 0.4) is 0 Å². The third kappa shape index (κ3) is 5.24. The van der Waals surface area contributed by atoms with Crippen LogP contribution in [-0.4, -0.2) is 52.3 Å². The van der Waals surface area contributed by atoms with Crippen molar-refractivity contribution >= 4 is 28.5 Å². The number of rotatable bonds is 8. The quantitative estimate of drug-likeness (QED) is 0.495. The minimum Gasteiger partial charge on any atom is -0.476 e. The molecule has 0 radical (unpaired) electrons. The molecular weight excluding hydrogens is 509 g/mol. The van der Waals surface area contributed by atoms with Crippen molar-refractivity contribution in [3.63, 3.8) is 0 Å². The summed E-state index contributed by atoms with van der Waals surface area (Å²) >= 11 is 1.35. The molecule has 3 N–H and O–H groups in total. The number of nitrogens with two attached hydrogens (primary N) is 1. The van der Waals surface area contributed by atoms with Gasteiger partial charge in [-0.1, -0.05) is 11.8 Å². The van der Waals surface area contributed by atoms with Crippen LogP contribution in [0.5, 0.6) is 5.88 Å². The number of nitrogens with one attached hydrogen (secondary N) is 1. The summed E-state index contributed by atoms with van der Waals surface area (Å²) in [5, 5.41) is 2.66. The van der Waals surface area contributed by atoms with Crippen LogP contribution in [0.1, 0.15) is 35.8 Å². The largest absolute Gasteiger partial charge is 0.476 e. The molecule has 1 aliphatic heterocycles. The number of halogens is 5. The van der Waals surface area contributed by atoms with Gasteiger partial charge in [0.05, 0.1) is 42.3 Å². The number of amides is 1. The topological polar surface area (TPSA) is 112 Å². The fourth-order valence-electron chi connectivity index (χ4n) is 4.33. The van der Waals surface area contributed by atoms with E-state index in [-0.39, 0.29) is 33.9 Å². The summed E-state index contributed by atoms with van der Waals surface area (Å²) in [6.45, 7) is 1.37. The molecule has 1 aliphatic carbocycles. The fourth-order valence-corrected chi connectivity index (χ4v) is 5.78. The molecule has 2 heterocycles. The summed E-state index contributed by atoms with van der Waals surface area (Å²) in [7, 11) is 1.55. The second-order valence-electron chi connectivity index (χ2n) is 8.68. The number of carbonyl (C=O) groups is 1. The van der Waals surface area contributed by atoms with Gasteiger partial charge in [0.1, 0.15) is 5.69 Å². The van der Waals surface area contributed by atoms with E-state index in [0.29, 0.717) is 13.0 Å². The number of carbonyl (C=O) groups excluding carboxylic acids is 1. The second-order valence-corrected chi connectivity index (χ2v) is 10.1. The number of thioether (sulfide) groups is 1. The molecule has 0 unspecified atom stereocenters. The predicted octanol–water partition coefficient (Wildman–Crippen LogP) is 4.02. The van der Waals surface area contributed by atoms with E-state index < -0.39 is 47.0 Å². The first kappa shape index (κ1) is 26.1. The van der Waals surface area contributed by atoms with Gasteiger partial charge in [-0.05, 0) is 19.4 Å². The number of fused-ring (bicyclic) bond motifs is 1. The van der Waals surface area contributed by atoms with Crippen molar-refractivity contribution in [2.45, 2.75) is 36.2 Å². The zero-order valence-corrected chi connectivity index (χ0v) is 20.0. The number of amidine groups is 1. The molecule has 194 valence electrons. The molecule has 4 rings (SSSR count). The molecule has 1 saturated carbocycles. The molecule has 8 nitrogen and oxygen atoms in total. The lowest BCUT2D eigenvalue weighted by Crippen LogP contribution is -2.38. The van der Waals surface area contributed by atoms with Crippen molar-refractivity contribution < 1.29 is 36.2 Å². The Hall–Kier alpha value is -3.00. The third-order valence-electron chi connectivity index (χ3n) is 6.07. The summed E-state index contributed by atoms with van der Waals surface area (Å²) in [5.74, 6) is -3.45. The monoisotopic (exact) mass is 531 g/mol. The van der Waals surface area contributed by atoms with Gasteiger partial charge in [-0.15, -0.1) is 0 Å². The van der Waals surface area contributed by atoms with Gasteiger partial charge in [-0.25, -0.2) is 18.7 Å². The Balaban J connectivity index is 1.52. The molecule has 2 aliphatic rings.